The molecule has 3 nitrogen and oxygen atoms in total. The van der Waals surface area contributed by atoms with Crippen LogP contribution in [-0.4, -0.2) is 24.0 Å². The number of likely N-dealkylation sites (N-methyl/N-ethyl adjacent to an activating group) is 1. The topological polar surface area (TPSA) is 53.0 Å². The van der Waals surface area contributed by atoms with Gasteiger partial charge in [-0.1, -0.05) is 37.3 Å². The Morgan fingerprint density at radius 2 is 1.89 bits per heavy atom. The van der Waals surface area contributed by atoms with Gasteiger partial charge in [-0.05, 0) is 26.0 Å². The number of nitrogens with zero attached hydrogens (tertiary/aromatic N) is 2. The second kappa shape index (κ2) is 7.15. The molecule has 3 unspecified atom stereocenters. The molecule has 0 saturated heterocycles. The summed E-state index contributed by atoms with van der Waals surface area (Å²) in [6.07, 6.45) is 0. The SMILES string of the molecule is CCN(CC(C)C#N)C(c1ccccc1)C(C)N. The first-order valence-corrected chi connectivity index (χ1v) is 6.54. The lowest BCUT2D eigenvalue weighted by atomic mass is 9.98. The summed E-state index contributed by atoms with van der Waals surface area (Å²) in [5.41, 5.74) is 7.36. The summed E-state index contributed by atoms with van der Waals surface area (Å²) < 4.78 is 0. The monoisotopic (exact) mass is 245 g/mol. The molecule has 0 spiro atoms. The summed E-state index contributed by atoms with van der Waals surface area (Å²) in [5.74, 6) is 0.0231. The van der Waals surface area contributed by atoms with Gasteiger partial charge < -0.3 is 5.73 Å². The number of nitrogens with two attached hydrogens (primary N) is 1. The van der Waals surface area contributed by atoms with Gasteiger partial charge in [-0.15, -0.1) is 0 Å². The highest BCUT2D eigenvalue weighted by atomic mass is 15.2. The van der Waals surface area contributed by atoms with Crippen molar-refractivity contribution in [2.24, 2.45) is 11.7 Å². The maximum atomic E-state index is 8.96. The fraction of sp³-hybridized carbons (Fsp3) is 0.533. The Labute approximate surface area is 110 Å². The average Bonchev–Trinajstić information content (AvgIpc) is 2.38. The Kier molecular flexibility index (Phi) is 5.84. The molecular weight excluding hydrogens is 222 g/mol. The molecule has 0 aliphatic carbocycles. The predicted octanol–water partition coefficient (Wildman–Crippen LogP) is 2.56. The Bertz CT molecular complexity index is 380. The van der Waals surface area contributed by atoms with Crippen LogP contribution in [0.5, 0.6) is 0 Å². The van der Waals surface area contributed by atoms with E-state index in [1.54, 1.807) is 0 Å². The molecule has 98 valence electrons. The van der Waals surface area contributed by atoms with E-state index in [1.165, 1.54) is 5.56 Å². The van der Waals surface area contributed by atoms with E-state index < -0.39 is 0 Å². The van der Waals surface area contributed by atoms with Crippen LogP contribution in [-0.2, 0) is 0 Å². The molecule has 0 saturated carbocycles. The van der Waals surface area contributed by atoms with Crippen LogP contribution in [0.15, 0.2) is 30.3 Å². The van der Waals surface area contributed by atoms with Gasteiger partial charge in [0.25, 0.3) is 0 Å². The van der Waals surface area contributed by atoms with Crippen molar-refractivity contribution in [3.05, 3.63) is 35.9 Å². The van der Waals surface area contributed by atoms with Gasteiger partial charge in [-0.3, -0.25) is 4.90 Å². The van der Waals surface area contributed by atoms with Crippen molar-refractivity contribution in [1.29, 1.82) is 5.26 Å². The number of hydrogen-bond donors (Lipinski definition) is 1. The molecule has 1 rings (SSSR count). The van der Waals surface area contributed by atoms with Crippen molar-refractivity contribution in [2.45, 2.75) is 32.9 Å². The lowest BCUT2D eigenvalue weighted by Crippen LogP contribution is -2.41. The zero-order valence-electron chi connectivity index (χ0n) is 11.5. The number of nitriles is 1. The van der Waals surface area contributed by atoms with Gasteiger partial charge in [-0.25, -0.2) is 0 Å². The van der Waals surface area contributed by atoms with E-state index in [0.717, 1.165) is 13.1 Å². The summed E-state index contributed by atoms with van der Waals surface area (Å²) in [7, 11) is 0. The van der Waals surface area contributed by atoms with Crippen LogP contribution in [0.1, 0.15) is 32.4 Å². The third-order valence-electron chi connectivity index (χ3n) is 3.17. The minimum absolute atomic E-state index is 0.0231. The number of hydrogen-bond acceptors (Lipinski definition) is 3. The van der Waals surface area contributed by atoms with E-state index in [4.69, 9.17) is 11.0 Å². The maximum absolute atomic E-state index is 8.96. The lowest BCUT2D eigenvalue weighted by molar-refractivity contribution is 0.173. The highest BCUT2D eigenvalue weighted by Gasteiger charge is 2.23. The standard InChI is InChI=1S/C15H23N3/c1-4-18(11-12(2)10-16)15(13(3)17)14-8-6-5-7-9-14/h5-9,12-13,15H,4,11,17H2,1-3H3. The number of benzene rings is 1. The minimum Gasteiger partial charge on any atom is -0.326 e. The van der Waals surface area contributed by atoms with E-state index in [-0.39, 0.29) is 18.0 Å². The smallest absolute Gasteiger partial charge is 0.0666 e. The molecule has 0 radical (unpaired) electrons. The molecule has 0 heterocycles. The fourth-order valence-corrected chi connectivity index (χ4v) is 2.33. The Morgan fingerprint density at radius 3 is 2.33 bits per heavy atom. The van der Waals surface area contributed by atoms with Crippen LogP contribution < -0.4 is 5.73 Å². The molecule has 2 N–H and O–H groups in total. The molecule has 0 fully saturated rings. The van der Waals surface area contributed by atoms with Gasteiger partial charge in [0, 0.05) is 18.6 Å². The van der Waals surface area contributed by atoms with Crippen molar-refractivity contribution < 1.29 is 0 Å². The minimum atomic E-state index is 0.0231. The second-order valence-corrected chi connectivity index (χ2v) is 4.83. The van der Waals surface area contributed by atoms with E-state index in [0.29, 0.717) is 0 Å². The summed E-state index contributed by atoms with van der Waals surface area (Å²) in [6.45, 7) is 7.74. The molecule has 0 aliphatic heterocycles. The first kappa shape index (κ1) is 14.7. The van der Waals surface area contributed by atoms with Crippen LogP contribution in [0.2, 0.25) is 0 Å². The van der Waals surface area contributed by atoms with Crippen molar-refractivity contribution in [1.82, 2.24) is 4.90 Å². The first-order valence-electron chi connectivity index (χ1n) is 6.54. The summed E-state index contributed by atoms with van der Waals surface area (Å²) in [6, 6.07) is 12.8. The zero-order valence-corrected chi connectivity index (χ0v) is 11.5. The number of rotatable bonds is 6. The van der Waals surface area contributed by atoms with E-state index in [2.05, 4.69) is 30.0 Å². The van der Waals surface area contributed by atoms with Crippen LogP contribution in [0, 0.1) is 17.2 Å². The molecule has 0 aromatic heterocycles. The van der Waals surface area contributed by atoms with E-state index in [1.807, 2.05) is 32.0 Å². The molecule has 1 aromatic carbocycles. The molecule has 0 amide bonds. The third kappa shape index (κ3) is 3.83. The van der Waals surface area contributed by atoms with Crippen molar-refractivity contribution >= 4 is 0 Å². The van der Waals surface area contributed by atoms with Crippen molar-refractivity contribution in [2.75, 3.05) is 13.1 Å². The normalized spacial score (nSPS) is 16.0. The third-order valence-corrected chi connectivity index (χ3v) is 3.17. The molecule has 1 aromatic rings. The largest absolute Gasteiger partial charge is 0.326 e. The van der Waals surface area contributed by atoms with Crippen LogP contribution in [0.3, 0.4) is 0 Å². The van der Waals surface area contributed by atoms with E-state index >= 15 is 0 Å². The van der Waals surface area contributed by atoms with Gasteiger partial charge >= 0.3 is 0 Å². The second-order valence-electron chi connectivity index (χ2n) is 4.83. The quantitative estimate of drug-likeness (QED) is 0.838. The molecule has 0 bridgehead atoms. The Morgan fingerprint density at radius 1 is 1.28 bits per heavy atom. The van der Waals surface area contributed by atoms with Crippen molar-refractivity contribution in [3.63, 3.8) is 0 Å². The molecule has 3 heteroatoms. The molecule has 3 atom stereocenters. The molecular formula is C15H23N3. The van der Waals surface area contributed by atoms with Gasteiger partial charge in [-0.2, -0.15) is 5.26 Å². The van der Waals surface area contributed by atoms with Gasteiger partial charge in [0.1, 0.15) is 0 Å². The summed E-state index contributed by atoms with van der Waals surface area (Å²) in [4.78, 5) is 2.29. The highest BCUT2D eigenvalue weighted by molar-refractivity contribution is 5.20. The summed E-state index contributed by atoms with van der Waals surface area (Å²) in [5, 5.41) is 8.96. The van der Waals surface area contributed by atoms with Gasteiger partial charge in [0.05, 0.1) is 12.0 Å². The van der Waals surface area contributed by atoms with Gasteiger partial charge in [0.2, 0.25) is 0 Å². The average molecular weight is 245 g/mol. The maximum Gasteiger partial charge on any atom is 0.0666 e. The molecule has 18 heavy (non-hydrogen) atoms. The Hall–Kier alpha value is -1.37. The summed E-state index contributed by atoms with van der Waals surface area (Å²) >= 11 is 0. The van der Waals surface area contributed by atoms with Crippen LogP contribution in [0.25, 0.3) is 0 Å². The van der Waals surface area contributed by atoms with Crippen LogP contribution >= 0.6 is 0 Å². The lowest BCUT2D eigenvalue weighted by Gasteiger charge is -2.34. The Balaban J connectivity index is 2.93. The fourth-order valence-electron chi connectivity index (χ4n) is 2.33. The van der Waals surface area contributed by atoms with E-state index in [9.17, 15) is 0 Å². The zero-order chi connectivity index (χ0) is 13.5. The predicted molar refractivity (Wildman–Crippen MR) is 74.9 cm³/mol. The van der Waals surface area contributed by atoms with Crippen molar-refractivity contribution in [3.8, 4) is 6.07 Å². The molecule has 0 aliphatic rings. The van der Waals surface area contributed by atoms with Crippen LogP contribution in [0.4, 0.5) is 0 Å². The van der Waals surface area contributed by atoms with Gasteiger partial charge in [0.15, 0.2) is 0 Å². The highest BCUT2D eigenvalue weighted by Crippen LogP contribution is 2.24. The first-order chi connectivity index (χ1) is 8.60.